The van der Waals surface area contributed by atoms with Gasteiger partial charge in [0.1, 0.15) is 6.42 Å². The fraction of sp³-hybridized carbons (Fsp3) is 0.667. The number of hydrogen-bond acceptors (Lipinski definition) is 2. The van der Waals surface area contributed by atoms with Crippen molar-refractivity contribution in [3.63, 3.8) is 0 Å². The molecule has 1 rings (SSSR count). The van der Waals surface area contributed by atoms with E-state index in [0.717, 1.165) is 12.3 Å². The van der Waals surface area contributed by atoms with E-state index in [1.165, 1.54) is 32.8 Å². The maximum atomic E-state index is 10.7. The number of hydrogen-bond donors (Lipinski definition) is 0. The monoisotopic (exact) mass is 193 g/mol. The van der Waals surface area contributed by atoms with Crippen LogP contribution in [-0.4, -0.2) is 13.1 Å². The van der Waals surface area contributed by atoms with Gasteiger partial charge >= 0.3 is 5.97 Å². The lowest BCUT2D eigenvalue weighted by Crippen LogP contribution is -2.05. The van der Waals surface area contributed by atoms with Gasteiger partial charge in [0.25, 0.3) is 0 Å². The van der Waals surface area contributed by atoms with Crippen LogP contribution < -0.4 is 0 Å². The standard InChI is InChI=1S/C12H17O2/c1-14-12(13)10-6-5-9-11-7-3-2-4-8-11/h2,11H,3-4,7-10H2,1H3. The minimum atomic E-state index is -0.241. The Morgan fingerprint density at radius 2 is 2.14 bits per heavy atom. The van der Waals surface area contributed by atoms with Crippen LogP contribution in [0.2, 0.25) is 0 Å². The highest BCUT2D eigenvalue weighted by Gasteiger charge is 2.11. The molecule has 1 aliphatic carbocycles. The minimum Gasteiger partial charge on any atom is -0.468 e. The van der Waals surface area contributed by atoms with Crippen LogP contribution in [0.15, 0.2) is 0 Å². The van der Waals surface area contributed by atoms with Gasteiger partial charge in [-0.05, 0) is 38.0 Å². The van der Waals surface area contributed by atoms with E-state index in [-0.39, 0.29) is 12.4 Å². The normalized spacial score (nSPS) is 16.9. The summed E-state index contributed by atoms with van der Waals surface area (Å²) < 4.78 is 4.50. The molecule has 77 valence electrons. The summed E-state index contributed by atoms with van der Waals surface area (Å²) in [5.41, 5.74) is 0. The molecule has 0 atom stereocenters. The van der Waals surface area contributed by atoms with Crippen LogP contribution in [0.5, 0.6) is 0 Å². The number of rotatable bonds is 2. The first-order chi connectivity index (χ1) is 6.83. The van der Waals surface area contributed by atoms with Gasteiger partial charge in [0.2, 0.25) is 0 Å². The second-order valence-corrected chi connectivity index (χ2v) is 3.62. The molecule has 0 heterocycles. The van der Waals surface area contributed by atoms with Gasteiger partial charge < -0.3 is 4.74 Å². The molecule has 0 N–H and O–H groups in total. The zero-order chi connectivity index (χ0) is 10.2. The molecule has 14 heavy (non-hydrogen) atoms. The Kier molecular flexibility index (Phi) is 5.14. The number of ether oxygens (including phenoxy) is 1. The summed E-state index contributed by atoms with van der Waals surface area (Å²) in [6, 6.07) is 0. The molecule has 1 fully saturated rings. The molecule has 2 nitrogen and oxygen atoms in total. The van der Waals surface area contributed by atoms with Crippen molar-refractivity contribution >= 4 is 5.97 Å². The summed E-state index contributed by atoms with van der Waals surface area (Å²) in [5, 5.41) is 0. The van der Waals surface area contributed by atoms with Gasteiger partial charge in [-0.2, -0.15) is 0 Å². The minimum absolute atomic E-state index is 0.231. The quantitative estimate of drug-likeness (QED) is 0.497. The summed E-state index contributed by atoms with van der Waals surface area (Å²) in [4.78, 5) is 10.7. The lowest BCUT2D eigenvalue weighted by atomic mass is 9.87. The van der Waals surface area contributed by atoms with Crippen LogP contribution in [0, 0.1) is 24.2 Å². The maximum absolute atomic E-state index is 10.7. The molecule has 0 aromatic heterocycles. The van der Waals surface area contributed by atoms with E-state index in [1.54, 1.807) is 0 Å². The second kappa shape index (κ2) is 6.48. The van der Waals surface area contributed by atoms with Crippen molar-refractivity contribution in [3.8, 4) is 11.8 Å². The van der Waals surface area contributed by atoms with Gasteiger partial charge in [0.05, 0.1) is 7.11 Å². The van der Waals surface area contributed by atoms with E-state index in [0.29, 0.717) is 0 Å². The lowest BCUT2D eigenvalue weighted by Gasteiger charge is -2.18. The Morgan fingerprint density at radius 1 is 1.43 bits per heavy atom. The molecular formula is C12H17O2. The largest absolute Gasteiger partial charge is 0.468 e. The van der Waals surface area contributed by atoms with Crippen molar-refractivity contribution in [2.24, 2.45) is 5.92 Å². The third-order valence-electron chi connectivity index (χ3n) is 2.53. The molecule has 2 heteroatoms. The van der Waals surface area contributed by atoms with Crippen molar-refractivity contribution in [3.05, 3.63) is 6.42 Å². The molecule has 0 aliphatic heterocycles. The fourth-order valence-electron chi connectivity index (χ4n) is 1.62. The van der Waals surface area contributed by atoms with Crippen molar-refractivity contribution < 1.29 is 9.53 Å². The number of carbonyl (C=O) groups is 1. The zero-order valence-electron chi connectivity index (χ0n) is 8.71. The average Bonchev–Trinajstić information content (AvgIpc) is 2.25. The van der Waals surface area contributed by atoms with Crippen LogP contribution in [0.4, 0.5) is 0 Å². The summed E-state index contributed by atoms with van der Waals surface area (Å²) in [6.45, 7) is 0. The Balaban J connectivity index is 2.14. The smallest absolute Gasteiger partial charge is 0.317 e. The summed E-state index contributed by atoms with van der Waals surface area (Å²) in [7, 11) is 1.39. The van der Waals surface area contributed by atoms with Gasteiger partial charge in [-0.15, -0.1) is 5.92 Å². The first kappa shape index (κ1) is 11.1. The van der Waals surface area contributed by atoms with E-state index in [4.69, 9.17) is 0 Å². The SMILES string of the molecule is COC(=O)CC#CCC1CC[CH]CC1. The van der Waals surface area contributed by atoms with Crippen LogP contribution >= 0.6 is 0 Å². The number of carbonyl (C=O) groups excluding carboxylic acids is 1. The van der Waals surface area contributed by atoms with E-state index < -0.39 is 0 Å². The number of methoxy groups -OCH3 is 1. The molecule has 0 aromatic rings. The van der Waals surface area contributed by atoms with Crippen molar-refractivity contribution in [1.82, 2.24) is 0 Å². The molecule has 0 bridgehead atoms. The average molecular weight is 193 g/mol. The van der Waals surface area contributed by atoms with E-state index in [2.05, 4.69) is 23.0 Å². The van der Waals surface area contributed by atoms with Gasteiger partial charge in [-0.25, -0.2) is 0 Å². The Bertz CT molecular complexity index is 228. The first-order valence-corrected chi connectivity index (χ1v) is 5.17. The van der Waals surface area contributed by atoms with Gasteiger partial charge in [0, 0.05) is 6.42 Å². The van der Waals surface area contributed by atoms with Crippen LogP contribution in [-0.2, 0) is 9.53 Å². The van der Waals surface area contributed by atoms with Crippen LogP contribution in [0.1, 0.15) is 38.5 Å². The molecule has 0 saturated heterocycles. The van der Waals surface area contributed by atoms with Crippen molar-refractivity contribution in [1.29, 1.82) is 0 Å². The molecule has 1 saturated carbocycles. The molecule has 0 amide bonds. The predicted octanol–water partition coefficient (Wildman–Crippen LogP) is 2.34. The molecule has 0 spiro atoms. The summed E-state index contributed by atoms with van der Waals surface area (Å²) in [5.74, 6) is 6.40. The Hall–Kier alpha value is -0.970. The highest BCUT2D eigenvalue weighted by Crippen LogP contribution is 2.24. The highest BCUT2D eigenvalue weighted by atomic mass is 16.5. The van der Waals surface area contributed by atoms with E-state index in [1.807, 2.05) is 0 Å². The number of esters is 1. The molecule has 1 aliphatic rings. The Morgan fingerprint density at radius 3 is 2.79 bits per heavy atom. The molecule has 1 radical (unpaired) electrons. The van der Waals surface area contributed by atoms with Crippen molar-refractivity contribution in [2.45, 2.75) is 38.5 Å². The molecule has 0 aromatic carbocycles. The second-order valence-electron chi connectivity index (χ2n) is 3.62. The molecule has 0 unspecified atom stereocenters. The zero-order valence-corrected chi connectivity index (χ0v) is 8.71. The third-order valence-corrected chi connectivity index (χ3v) is 2.53. The highest BCUT2D eigenvalue weighted by molar-refractivity contribution is 5.72. The summed E-state index contributed by atoms with van der Waals surface area (Å²) >= 11 is 0. The van der Waals surface area contributed by atoms with E-state index in [9.17, 15) is 4.79 Å². The fourth-order valence-corrected chi connectivity index (χ4v) is 1.62. The van der Waals surface area contributed by atoms with Gasteiger partial charge in [-0.3, -0.25) is 4.79 Å². The molecular weight excluding hydrogens is 176 g/mol. The Labute approximate surface area is 86.0 Å². The van der Waals surface area contributed by atoms with Gasteiger partial charge in [-0.1, -0.05) is 5.92 Å². The lowest BCUT2D eigenvalue weighted by molar-refractivity contribution is -0.139. The third kappa shape index (κ3) is 4.32. The van der Waals surface area contributed by atoms with Crippen LogP contribution in [0.3, 0.4) is 0 Å². The van der Waals surface area contributed by atoms with E-state index >= 15 is 0 Å². The first-order valence-electron chi connectivity index (χ1n) is 5.17. The van der Waals surface area contributed by atoms with Crippen molar-refractivity contribution in [2.75, 3.05) is 7.11 Å². The van der Waals surface area contributed by atoms with Gasteiger partial charge in [0.15, 0.2) is 0 Å². The van der Waals surface area contributed by atoms with Crippen LogP contribution in [0.25, 0.3) is 0 Å². The topological polar surface area (TPSA) is 26.3 Å². The summed E-state index contributed by atoms with van der Waals surface area (Å²) in [6.07, 6.45) is 8.48. The maximum Gasteiger partial charge on any atom is 0.317 e. The predicted molar refractivity (Wildman–Crippen MR) is 55.3 cm³/mol.